The highest BCUT2D eigenvalue weighted by Gasteiger charge is 2.35. The lowest BCUT2D eigenvalue weighted by molar-refractivity contribution is -0.139. The first kappa shape index (κ1) is 13.0. The molecule has 0 amide bonds. The minimum Gasteiger partial charge on any atom is -0.423 e. The fourth-order valence-electron chi connectivity index (χ4n) is 2.39. The highest BCUT2D eigenvalue weighted by molar-refractivity contribution is 5.76. The third-order valence-corrected chi connectivity index (χ3v) is 3.36. The van der Waals surface area contributed by atoms with Crippen molar-refractivity contribution in [2.75, 3.05) is 0 Å². The molecule has 0 saturated carbocycles. The highest BCUT2D eigenvalue weighted by atomic mass is 19.1. The summed E-state index contributed by atoms with van der Waals surface area (Å²) < 4.78 is 18.7. The van der Waals surface area contributed by atoms with Crippen LogP contribution in [-0.4, -0.2) is 18.1 Å². The van der Waals surface area contributed by atoms with Crippen molar-refractivity contribution in [3.05, 3.63) is 29.6 Å². The predicted octanol–water partition coefficient (Wildman–Crippen LogP) is 2.43. The maximum atomic E-state index is 13.6. The van der Waals surface area contributed by atoms with E-state index in [4.69, 9.17) is 4.74 Å². The number of carbonyl (C=O) groups is 1. The van der Waals surface area contributed by atoms with Crippen LogP contribution in [-0.2, 0) is 4.79 Å². The maximum absolute atomic E-state index is 13.6. The smallest absolute Gasteiger partial charge is 0.316 e. The summed E-state index contributed by atoms with van der Waals surface area (Å²) in [5, 5.41) is 3.26. The normalized spacial score (nSPS) is 27.2. The van der Waals surface area contributed by atoms with E-state index in [1.807, 2.05) is 13.8 Å². The van der Waals surface area contributed by atoms with Gasteiger partial charge in [-0.15, -0.1) is 0 Å². The molecule has 1 saturated heterocycles. The summed E-state index contributed by atoms with van der Waals surface area (Å²) in [7, 11) is 0. The van der Waals surface area contributed by atoms with Crippen molar-refractivity contribution < 1.29 is 13.9 Å². The lowest BCUT2D eigenvalue weighted by Crippen LogP contribution is -2.32. The number of esters is 1. The summed E-state index contributed by atoms with van der Waals surface area (Å²) in [6, 6.07) is 4.95. The number of carbonyl (C=O) groups excluding carboxylic acids is 1. The van der Waals surface area contributed by atoms with Gasteiger partial charge in [0.2, 0.25) is 0 Å². The molecule has 1 aliphatic heterocycles. The number of ether oxygens (including phenoxy) is 1. The number of benzene rings is 1. The molecule has 3 unspecified atom stereocenters. The molecule has 1 heterocycles. The van der Waals surface area contributed by atoms with Crippen LogP contribution in [0.15, 0.2) is 18.2 Å². The molecule has 3 nitrogen and oxygen atoms in total. The van der Waals surface area contributed by atoms with E-state index in [0.29, 0.717) is 6.04 Å². The Morgan fingerprint density at radius 1 is 1.44 bits per heavy atom. The first-order valence-corrected chi connectivity index (χ1v) is 6.21. The van der Waals surface area contributed by atoms with Gasteiger partial charge in [-0.1, -0.05) is 6.07 Å². The van der Waals surface area contributed by atoms with Gasteiger partial charge in [0, 0.05) is 12.1 Å². The van der Waals surface area contributed by atoms with Crippen LogP contribution >= 0.6 is 0 Å². The molecule has 18 heavy (non-hydrogen) atoms. The van der Waals surface area contributed by atoms with Crippen molar-refractivity contribution in [1.82, 2.24) is 5.32 Å². The van der Waals surface area contributed by atoms with Gasteiger partial charge in [0.1, 0.15) is 0 Å². The highest BCUT2D eigenvalue weighted by Crippen LogP contribution is 2.24. The lowest BCUT2D eigenvalue weighted by Gasteiger charge is -2.14. The second-order valence-corrected chi connectivity index (χ2v) is 5.05. The van der Waals surface area contributed by atoms with E-state index in [-0.39, 0.29) is 23.7 Å². The summed E-state index contributed by atoms with van der Waals surface area (Å²) in [6.45, 7) is 5.76. The molecule has 1 aromatic carbocycles. The Labute approximate surface area is 106 Å². The average molecular weight is 251 g/mol. The topological polar surface area (TPSA) is 38.3 Å². The van der Waals surface area contributed by atoms with Crippen LogP contribution in [0.4, 0.5) is 4.39 Å². The number of halogens is 1. The summed E-state index contributed by atoms with van der Waals surface area (Å²) in [5.41, 5.74) is 0.803. The zero-order valence-electron chi connectivity index (χ0n) is 10.9. The second-order valence-electron chi connectivity index (χ2n) is 5.05. The Kier molecular flexibility index (Phi) is 3.66. The molecule has 98 valence electrons. The van der Waals surface area contributed by atoms with Gasteiger partial charge >= 0.3 is 5.97 Å². The number of hydrogen-bond donors (Lipinski definition) is 1. The van der Waals surface area contributed by atoms with Crippen LogP contribution in [0.2, 0.25) is 0 Å². The molecule has 0 radical (unpaired) electrons. The van der Waals surface area contributed by atoms with E-state index in [9.17, 15) is 9.18 Å². The zero-order valence-corrected chi connectivity index (χ0v) is 10.9. The average Bonchev–Trinajstić information content (AvgIpc) is 2.62. The molecular formula is C14H18FNO2. The third-order valence-electron chi connectivity index (χ3n) is 3.36. The van der Waals surface area contributed by atoms with Crippen LogP contribution in [0.5, 0.6) is 5.75 Å². The number of nitrogens with one attached hydrogen (secondary N) is 1. The standard InChI is InChI=1S/C14H18FNO2/c1-8-4-5-13(12(15)6-8)18-14(17)11-7-9(2)16-10(11)3/h4-6,9-11,16H,7H2,1-3H3. The Balaban J connectivity index is 2.07. The summed E-state index contributed by atoms with van der Waals surface area (Å²) in [4.78, 5) is 12.0. The van der Waals surface area contributed by atoms with Gasteiger partial charge in [0.05, 0.1) is 5.92 Å². The summed E-state index contributed by atoms with van der Waals surface area (Å²) in [6.07, 6.45) is 0.730. The second kappa shape index (κ2) is 5.06. The fraction of sp³-hybridized carbons (Fsp3) is 0.500. The van der Waals surface area contributed by atoms with Crippen molar-refractivity contribution in [3.63, 3.8) is 0 Å². The molecule has 0 bridgehead atoms. The minimum atomic E-state index is -0.491. The Morgan fingerprint density at radius 2 is 2.17 bits per heavy atom. The van der Waals surface area contributed by atoms with Gasteiger partial charge in [0.15, 0.2) is 11.6 Å². The maximum Gasteiger partial charge on any atom is 0.316 e. The minimum absolute atomic E-state index is 0.0114. The summed E-state index contributed by atoms with van der Waals surface area (Å²) >= 11 is 0. The molecular weight excluding hydrogens is 233 g/mol. The predicted molar refractivity (Wildman–Crippen MR) is 66.9 cm³/mol. The first-order chi connectivity index (χ1) is 8.47. The van der Waals surface area contributed by atoms with Gasteiger partial charge in [-0.25, -0.2) is 4.39 Å². The van der Waals surface area contributed by atoms with E-state index in [2.05, 4.69) is 5.32 Å². The Bertz CT molecular complexity index is 461. The molecule has 2 rings (SSSR count). The van der Waals surface area contributed by atoms with Gasteiger partial charge in [-0.05, 0) is 44.9 Å². The zero-order chi connectivity index (χ0) is 13.3. The quantitative estimate of drug-likeness (QED) is 0.648. The molecule has 0 aromatic heterocycles. The molecule has 1 fully saturated rings. The number of rotatable bonds is 2. The molecule has 3 atom stereocenters. The lowest BCUT2D eigenvalue weighted by atomic mass is 10.0. The molecule has 1 aromatic rings. The Hall–Kier alpha value is -1.42. The SMILES string of the molecule is Cc1ccc(OC(=O)C2CC(C)NC2C)c(F)c1. The van der Waals surface area contributed by atoms with Crippen LogP contribution in [0.25, 0.3) is 0 Å². The van der Waals surface area contributed by atoms with Gasteiger partial charge < -0.3 is 10.1 Å². The van der Waals surface area contributed by atoms with Crippen molar-refractivity contribution in [2.24, 2.45) is 5.92 Å². The van der Waals surface area contributed by atoms with Crippen LogP contribution in [0.1, 0.15) is 25.8 Å². The monoisotopic (exact) mass is 251 g/mol. The van der Waals surface area contributed by atoms with Crippen LogP contribution in [0, 0.1) is 18.7 Å². The van der Waals surface area contributed by atoms with E-state index < -0.39 is 5.82 Å². The van der Waals surface area contributed by atoms with E-state index >= 15 is 0 Å². The van der Waals surface area contributed by atoms with E-state index in [1.54, 1.807) is 13.0 Å². The molecule has 0 aliphatic carbocycles. The Morgan fingerprint density at radius 3 is 2.72 bits per heavy atom. The number of hydrogen-bond acceptors (Lipinski definition) is 3. The van der Waals surface area contributed by atoms with Crippen molar-refractivity contribution in [1.29, 1.82) is 0 Å². The molecule has 4 heteroatoms. The van der Waals surface area contributed by atoms with Gasteiger partial charge in [-0.3, -0.25) is 4.79 Å². The van der Waals surface area contributed by atoms with Crippen molar-refractivity contribution in [2.45, 2.75) is 39.3 Å². The molecule has 1 aliphatic rings. The summed E-state index contributed by atoms with van der Waals surface area (Å²) in [5.74, 6) is -1.05. The molecule has 1 N–H and O–H groups in total. The van der Waals surface area contributed by atoms with Crippen molar-refractivity contribution >= 4 is 5.97 Å². The fourth-order valence-corrected chi connectivity index (χ4v) is 2.39. The van der Waals surface area contributed by atoms with Crippen LogP contribution in [0.3, 0.4) is 0 Å². The third kappa shape index (κ3) is 2.70. The van der Waals surface area contributed by atoms with E-state index in [0.717, 1.165) is 12.0 Å². The van der Waals surface area contributed by atoms with E-state index in [1.165, 1.54) is 12.1 Å². The number of aryl methyl sites for hydroxylation is 1. The van der Waals surface area contributed by atoms with Crippen molar-refractivity contribution in [3.8, 4) is 5.75 Å². The first-order valence-electron chi connectivity index (χ1n) is 6.21. The largest absolute Gasteiger partial charge is 0.423 e. The molecule has 0 spiro atoms. The van der Waals surface area contributed by atoms with Gasteiger partial charge in [-0.2, -0.15) is 0 Å². The van der Waals surface area contributed by atoms with Gasteiger partial charge in [0.25, 0.3) is 0 Å². The van der Waals surface area contributed by atoms with Crippen LogP contribution < -0.4 is 10.1 Å².